The number of hydrogen-bond donors (Lipinski definition) is 2. The number of aromatic nitrogens is 1. The normalized spacial score (nSPS) is 11.4. The van der Waals surface area contributed by atoms with Gasteiger partial charge in [-0.1, -0.05) is 12.1 Å². The highest BCUT2D eigenvalue weighted by Gasteiger charge is 2.30. The fraction of sp³-hybridized carbons (Fsp3) is 0.0952. The standard InChI is InChI=1S/C21H16N2O7S2/c1-11-16(21(26)29-2)17(19-22-14-5-3-4-6-15(14)31-19)18(30-11)23-32(27,28)13-9-7-12(8-10-13)20(24)25/h3-10,23H,1-2H3,(H,24,25). The van der Waals surface area contributed by atoms with Gasteiger partial charge in [-0.25, -0.2) is 27.7 Å². The highest BCUT2D eigenvalue weighted by atomic mass is 32.2. The van der Waals surface area contributed by atoms with E-state index in [2.05, 4.69) is 9.71 Å². The third-order valence-electron chi connectivity index (χ3n) is 4.62. The molecule has 0 atom stereocenters. The second kappa shape index (κ2) is 8.09. The first-order valence-electron chi connectivity index (χ1n) is 9.15. The van der Waals surface area contributed by atoms with Gasteiger partial charge in [0.2, 0.25) is 5.88 Å². The molecule has 32 heavy (non-hydrogen) atoms. The van der Waals surface area contributed by atoms with Gasteiger partial charge in [0.1, 0.15) is 16.3 Å². The number of rotatable bonds is 6. The number of carbonyl (C=O) groups excluding carboxylic acids is 1. The van der Waals surface area contributed by atoms with Gasteiger partial charge in [-0.3, -0.25) is 0 Å². The summed E-state index contributed by atoms with van der Waals surface area (Å²) in [6.45, 7) is 1.52. The summed E-state index contributed by atoms with van der Waals surface area (Å²) in [5.74, 6) is -1.91. The summed E-state index contributed by atoms with van der Waals surface area (Å²) in [4.78, 5) is 27.8. The van der Waals surface area contributed by atoms with Crippen molar-refractivity contribution in [2.45, 2.75) is 11.8 Å². The molecule has 164 valence electrons. The topological polar surface area (TPSA) is 136 Å². The maximum absolute atomic E-state index is 12.9. The van der Waals surface area contributed by atoms with E-state index in [4.69, 9.17) is 14.3 Å². The fourth-order valence-electron chi connectivity index (χ4n) is 3.11. The first-order valence-corrected chi connectivity index (χ1v) is 11.4. The summed E-state index contributed by atoms with van der Waals surface area (Å²) in [5.41, 5.74) is 0.855. The van der Waals surface area contributed by atoms with Crippen molar-refractivity contribution in [2.75, 3.05) is 11.8 Å². The van der Waals surface area contributed by atoms with Crippen molar-refractivity contribution >= 4 is 49.4 Å². The van der Waals surface area contributed by atoms with Crippen molar-refractivity contribution in [2.24, 2.45) is 0 Å². The van der Waals surface area contributed by atoms with Gasteiger partial charge in [-0.15, -0.1) is 11.3 Å². The molecular formula is C21H16N2O7S2. The quantitative estimate of drug-likeness (QED) is 0.400. The van der Waals surface area contributed by atoms with Crippen LogP contribution in [0.5, 0.6) is 0 Å². The average molecular weight is 473 g/mol. The van der Waals surface area contributed by atoms with Crippen LogP contribution in [0.3, 0.4) is 0 Å². The molecule has 0 saturated heterocycles. The number of carbonyl (C=O) groups is 2. The van der Waals surface area contributed by atoms with E-state index in [1.807, 2.05) is 18.2 Å². The highest BCUT2D eigenvalue weighted by Crippen LogP contribution is 2.41. The Morgan fingerprint density at radius 2 is 1.81 bits per heavy atom. The lowest BCUT2D eigenvalue weighted by Gasteiger charge is -2.08. The number of aryl methyl sites for hydroxylation is 1. The number of sulfonamides is 1. The number of fused-ring (bicyclic) bond motifs is 1. The lowest BCUT2D eigenvalue weighted by atomic mass is 10.1. The molecule has 2 heterocycles. The fourth-order valence-corrected chi connectivity index (χ4v) is 5.12. The monoisotopic (exact) mass is 472 g/mol. The van der Waals surface area contributed by atoms with Crippen LogP contribution in [0.15, 0.2) is 57.8 Å². The number of para-hydroxylation sites is 1. The molecule has 0 aliphatic rings. The second-order valence-corrected chi connectivity index (χ2v) is 9.36. The zero-order valence-corrected chi connectivity index (χ0v) is 18.4. The number of nitrogens with zero attached hydrogens (tertiary/aromatic N) is 1. The Hall–Kier alpha value is -3.70. The number of benzene rings is 2. The summed E-state index contributed by atoms with van der Waals surface area (Å²) in [6, 6.07) is 12.0. The van der Waals surface area contributed by atoms with E-state index in [0.29, 0.717) is 10.5 Å². The summed E-state index contributed by atoms with van der Waals surface area (Å²) in [5, 5.41) is 9.39. The summed E-state index contributed by atoms with van der Waals surface area (Å²) >= 11 is 1.27. The SMILES string of the molecule is COC(=O)c1c(C)oc(NS(=O)(=O)c2ccc(C(=O)O)cc2)c1-c1nc2ccccc2s1. The molecule has 0 aliphatic heterocycles. The van der Waals surface area contributed by atoms with Crippen molar-refractivity contribution in [3.05, 3.63) is 65.4 Å². The summed E-state index contributed by atoms with van der Waals surface area (Å²) in [6.07, 6.45) is 0. The number of aromatic carboxylic acids is 1. The lowest BCUT2D eigenvalue weighted by Crippen LogP contribution is -2.13. The predicted octanol–water partition coefficient (Wildman–Crippen LogP) is 4.15. The van der Waals surface area contributed by atoms with Gasteiger partial charge in [0.05, 0.1) is 33.3 Å². The molecule has 4 rings (SSSR count). The zero-order valence-electron chi connectivity index (χ0n) is 16.8. The van der Waals surface area contributed by atoms with Crippen molar-refractivity contribution in [3.63, 3.8) is 0 Å². The first kappa shape index (κ1) is 21.5. The van der Waals surface area contributed by atoms with Gasteiger partial charge in [0, 0.05) is 0 Å². The van der Waals surface area contributed by atoms with E-state index in [9.17, 15) is 18.0 Å². The van der Waals surface area contributed by atoms with Crippen LogP contribution in [0, 0.1) is 6.92 Å². The Morgan fingerprint density at radius 1 is 1.12 bits per heavy atom. The molecule has 2 aromatic heterocycles. The van der Waals surface area contributed by atoms with Gasteiger partial charge in [0.25, 0.3) is 10.0 Å². The van der Waals surface area contributed by atoms with Crippen LogP contribution in [0.1, 0.15) is 26.5 Å². The highest BCUT2D eigenvalue weighted by molar-refractivity contribution is 7.92. The molecule has 0 bridgehead atoms. The molecule has 0 amide bonds. The Labute approximate surface area is 186 Å². The van der Waals surface area contributed by atoms with Gasteiger partial charge < -0.3 is 14.3 Å². The lowest BCUT2D eigenvalue weighted by molar-refractivity contribution is 0.0598. The number of methoxy groups -OCH3 is 1. The van der Waals surface area contributed by atoms with E-state index in [-0.39, 0.29) is 33.2 Å². The number of furan rings is 1. The molecule has 0 radical (unpaired) electrons. The van der Waals surface area contributed by atoms with E-state index in [0.717, 1.165) is 4.70 Å². The summed E-state index contributed by atoms with van der Waals surface area (Å²) < 4.78 is 39.6. The molecule has 2 aromatic carbocycles. The van der Waals surface area contributed by atoms with Gasteiger partial charge in [-0.2, -0.15) is 0 Å². The molecule has 4 aromatic rings. The van der Waals surface area contributed by atoms with E-state index >= 15 is 0 Å². The van der Waals surface area contributed by atoms with Crippen LogP contribution in [0.2, 0.25) is 0 Å². The number of ether oxygens (including phenoxy) is 1. The number of hydrogen-bond acceptors (Lipinski definition) is 8. The van der Waals surface area contributed by atoms with Crippen LogP contribution < -0.4 is 4.72 Å². The van der Waals surface area contributed by atoms with Gasteiger partial charge in [-0.05, 0) is 43.3 Å². The van der Waals surface area contributed by atoms with Gasteiger partial charge in [0.15, 0.2) is 0 Å². The number of carboxylic acids is 1. The van der Waals surface area contributed by atoms with Crippen molar-refractivity contribution in [3.8, 4) is 10.6 Å². The van der Waals surface area contributed by atoms with Crippen molar-refractivity contribution in [1.29, 1.82) is 0 Å². The van der Waals surface area contributed by atoms with Crippen molar-refractivity contribution in [1.82, 2.24) is 4.98 Å². The molecular weight excluding hydrogens is 456 g/mol. The third kappa shape index (κ3) is 3.83. The Morgan fingerprint density at radius 3 is 2.44 bits per heavy atom. The number of carboxylic acid groups (broad SMARTS) is 1. The predicted molar refractivity (Wildman–Crippen MR) is 118 cm³/mol. The van der Waals surface area contributed by atoms with E-state index in [1.54, 1.807) is 6.07 Å². The van der Waals surface area contributed by atoms with Crippen LogP contribution in [-0.4, -0.2) is 37.6 Å². The maximum Gasteiger partial charge on any atom is 0.342 e. The minimum absolute atomic E-state index is 0.0547. The molecule has 0 unspecified atom stereocenters. The van der Waals surface area contributed by atoms with E-state index in [1.165, 1.54) is 49.6 Å². The molecule has 0 saturated carbocycles. The largest absolute Gasteiger partial charge is 0.478 e. The first-order chi connectivity index (χ1) is 15.2. The Balaban J connectivity index is 1.83. The maximum atomic E-state index is 12.9. The molecule has 11 heteroatoms. The summed E-state index contributed by atoms with van der Waals surface area (Å²) in [7, 11) is -2.95. The second-order valence-electron chi connectivity index (χ2n) is 6.65. The minimum Gasteiger partial charge on any atom is -0.478 e. The van der Waals surface area contributed by atoms with Crippen molar-refractivity contribution < 1.29 is 32.3 Å². The molecule has 0 aliphatic carbocycles. The van der Waals surface area contributed by atoms with Crippen LogP contribution in [0.25, 0.3) is 20.8 Å². The van der Waals surface area contributed by atoms with E-state index < -0.39 is 22.0 Å². The van der Waals surface area contributed by atoms with Crippen LogP contribution in [-0.2, 0) is 14.8 Å². The average Bonchev–Trinajstić information content (AvgIpc) is 3.33. The smallest absolute Gasteiger partial charge is 0.342 e. The number of esters is 1. The number of nitrogens with one attached hydrogen (secondary N) is 1. The van der Waals surface area contributed by atoms with Gasteiger partial charge >= 0.3 is 11.9 Å². The Bertz CT molecular complexity index is 1420. The zero-order chi connectivity index (χ0) is 23.0. The molecule has 0 fully saturated rings. The number of thiazole rings is 1. The Kier molecular flexibility index (Phi) is 5.45. The minimum atomic E-state index is -4.16. The third-order valence-corrected chi connectivity index (χ3v) is 7.02. The molecule has 2 N–H and O–H groups in total. The van der Waals surface area contributed by atoms with Crippen LogP contribution in [0.4, 0.5) is 5.88 Å². The molecule has 0 spiro atoms. The molecule has 9 nitrogen and oxygen atoms in total. The van der Waals surface area contributed by atoms with Crippen LogP contribution >= 0.6 is 11.3 Å². The number of anilines is 1.